The highest BCUT2D eigenvalue weighted by molar-refractivity contribution is 5.83. The van der Waals surface area contributed by atoms with E-state index in [1.54, 1.807) is 0 Å². The lowest BCUT2D eigenvalue weighted by molar-refractivity contribution is -0.140. The Hall–Kier alpha value is -1.79. The molecule has 0 aromatic carbocycles. The number of carboxylic acids is 2. The first-order valence-corrected chi connectivity index (χ1v) is 6.45. The quantitative estimate of drug-likeness (QED) is 0.521. The van der Waals surface area contributed by atoms with Gasteiger partial charge in [-0.3, -0.25) is 4.79 Å². The van der Waals surface area contributed by atoms with Gasteiger partial charge < -0.3 is 20.8 Å². The van der Waals surface area contributed by atoms with E-state index >= 15 is 0 Å². The number of urea groups is 1. The Bertz CT molecular complexity index is 358. The molecule has 2 unspecified atom stereocenters. The second kappa shape index (κ2) is 6.96. The van der Waals surface area contributed by atoms with Crippen molar-refractivity contribution in [1.29, 1.82) is 0 Å². The van der Waals surface area contributed by atoms with Crippen molar-refractivity contribution in [3.63, 3.8) is 0 Å². The normalized spacial score (nSPS) is 22.4. The summed E-state index contributed by atoms with van der Waals surface area (Å²) in [4.78, 5) is 32.8. The van der Waals surface area contributed by atoms with E-state index in [0.717, 1.165) is 19.3 Å². The van der Waals surface area contributed by atoms with E-state index in [4.69, 9.17) is 10.2 Å². The average Bonchev–Trinajstić information content (AvgIpc) is 3.02. The van der Waals surface area contributed by atoms with Crippen LogP contribution in [0.15, 0.2) is 0 Å². The minimum atomic E-state index is -1.22. The van der Waals surface area contributed by atoms with Crippen molar-refractivity contribution < 1.29 is 24.6 Å². The zero-order chi connectivity index (χ0) is 14.4. The summed E-state index contributed by atoms with van der Waals surface area (Å²) >= 11 is 0. The standard InChI is InChI=1S/C12H20N2O5/c1-2-3-7-6-9(7)14-12(19)13-8(11(17)18)4-5-10(15)16/h7-9H,2-6H2,1H3,(H,15,16)(H,17,18)(H2,13,14,19)/t7?,8-,9?/m0/s1. The molecule has 1 aliphatic carbocycles. The molecule has 7 nitrogen and oxygen atoms in total. The number of amides is 2. The van der Waals surface area contributed by atoms with Crippen LogP contribution in [-0.2, 0) is 9.59 Å². The van der Waals surface area contributed by atoms with Crippen LogP contribution in [0.1, 0.15) is 39.0 Å². The number of carbonyl (C=O) groups is 3. The Morgan fingerprint density at radius 2 is 2.00 bits per heavy atom. The molecule has 0 spiro atoms. The van der Waals surface area contributed by atoms with Gasteiger partial charge >= 0.3 is 18.0 Å². The Morgan fingerprint density at radius 1 is 1.32 bits per heavy atom. The molecular weight excluding hydrogens is 252 g/mol. The van der Waals surface area contributed by atoms with Crippen LogP contribution >= 0.6 is 0 Å². The van der Waals surface area contributed by atoms with Crippen LogP contribution < -0.4 is 10.6 Å². The van der Waals surface area contributed by atoms with Gasteiger partial charge in [-0.05, 0) is 25.2 Å². The van der Waals surface area contributed by atoms with Gasteiger partial charge in [0.05, 0.1) is 0 Å². The van der Waals surface area contributed by atoms with Gasteiger partial charge in [-0.2, -0.15) is 0 Å². The molecule has 0 bridgehead atoms. The summed E-state index contributed by atoms with van der Waals surface area (Å²) in [6.07, 6.45) is 2.61. The number of carbonyl (C=O) groups excluding carboxylic acids is 1. The summed E-state index contributed by atoms with van der Waals surface area (Å²) < 4.78 is 0. The summed E-state index contributed by atoms with van der Waals surface area (Å²) in [5.41, 5.74) is 0. The van der Waals surface area contributed by atoms with Gasteiger partial charge in [-0.1, -0.05) is 13.3 Å². The predicted octanol–water partition coefficient (Wildman–Crippen LogP) is 0.792. The maximum atomic E-state index is 11.6. The molecule has 19 heavy (non-hydrogen) atoms. The molecule has 4 N–H and O–H groups in total. The Morgan fingerprint density at radius 3 is 2.53 bits per heavy atom. The molecule has 0 radical (unpaired) electrons. The molecule has 0 aromatic heterocycles. The topological polar surface area (TPSA) is 116 Å². The second-order valence-corrected chi connectivity index (χ2v) is 4.83. The summed E-state index contributed by atoms with van der Waals surface area (Å²) in [5.74, 6) is -1.82. The van der Waals surface area contributed by atoms with Crippen LogP contribution in [-0.4, -0.2) is 40.3 Å². The second-order valence-electron chi connectivity index (χ2n) is 4.83. The number of hydrogen-bond acceptors (Lipinski definition) is 3. The zero-order valence-electron chi connectivity index (χ0n) is 10.9. The number of carboxylic acid groups (broad SMARTS) is 2. The van der Waals surface area contributed by atoms with Crippen LogP contribution in [0, 0.1) is 5.92 Å². The average molecular weight is 272 g/mol. The van der Waals surface area contributed by atoms with E-state index in [9.17, 15) is 14.4 Å². The number of rotatable bonds is 8. The van der Waals surface area contributed by atoms with Crippen LogP contribution in [0.5, 0.6) is 0 Å². The first-order valence-electron chi connectivity index (χ1n) is 6.45. The molecule has 0 heterocycles. The third-order valence-electron chi connectivity index (χ3n) is 3.15. The van der Waals surface area contributed by atoms with Crippen LogP contribution in [0.25, 0.3) is 0 Å². The molecule has 3 atom stereocenters. The molecule has 108 valence electrons. The first kappa shape index (κ1) is 15.3. The highest BCUT2D eigenvalue weighted by atomic mass is 16.4. The number of nitrogens with one attached hydrogen (secondary N) is 2. The minimum absolute atomic E-state index is 0.119. The maximum Gasteiger partial charge on any atom is 0.326 e. The molecule has 1 saturated carbocycles. The monoisotopic (exact) mass is 272 g/mol. The van der Waals surface area contributed by atoms with Crippen LogP contribution in [0.4, 0.5) is 4.79 Å². The summed E-state index contributed by atoms with van der Waals surface area (Å²) in [5, 5.41) is 22.4. The smallest absolute Gasteiger partial charge is 0.326 e. The Balaban J connectivity index is 2.31. The van der Waals surface area contributed by atoms with Crippen molar-refractivity contribution in [2.45, 2.75) is 51.1 Å². The lowest BCUT2D eigenvalue weighted by Crippen LogP contribution is -2.47. The summed E-state index contributed by atoms with van der Waals surface area (Å²) in [6.45, 7) is 2.07. The van der Waals surface area contributed by atoms with Crippen molar-refractivity contribution in [3.8, 4) is 0 Å². The molecule has 1 rings (SSSR count). The van der Waals surface area contributed by atoms with Crippen molar-refractivity contribution in [1.82, 2.24) is 10.6 Å². The molecule has 0 aliphatic heterocycles. The fourth-order valence-electron chi connectivity index (χ4n) is 2.01. The van der Waals surface area contributed by atoms with Crippen molar-refractivity contribution in [3.05, 3.63) is 0 Å². The summed E-state index contributed by atoms with van der Waals surface area (Å²) in [7, 11) is 0. The lowest BCUT2D eigenvalue weighted by atomic mass is 10.1. The van der Waals surface area contributed by atoms with Gasteiger partial charge in [-0.25, -0.2) is 9.59 Å². The largest absolute Gasteiger partial charge is 0.481 e. The van der Waals surface area contributed by atoms with E-state index < -0.39 is 24.0 Å². The maximum absolute atomic E-state index is 11.6. The van der Waals surface area contributed by atoms with E-state index in [0.29, 0.717) is 5.92 Å². The van der Waals surface area contributed by atoms with Crippen molar-refractivity contribution in [2.24, 2.45) is 5.92 Å². The van der Waals surface area contributed by atoms with Crippen LogP contribution in [0.3, 0.4) is 0 Å². The molecule has 7 heteroatoms. The highest BCUT2D eigenvalue weighted by Gasteiger charge is 2.37. The highest BCUT2D eigenvalue weighted by Crippen LogP contribution is 2.34. The first-order chi connectivity index (χ1) is 8.93. The fourth-order valence-corrected chi connectivity index (χ4v) is 2.01. The number of aliphatic carboxylic acids is 2. The Kier molecular flexibility index (Phi) is 5.59. The van der Waals surface area contributed by atoms with E-state index in [-0.39, 0.29) is 18.9 Å². The third-order valence-corrected chi connectivity index (χ3v) is 3.15. The lowest BCUT2D eigenvalue weighted by Gasteiger charge is -2.14. The fraction of sp³-hybridized carbons (Fsp3) is 0.750. The molecule has 0 saturated heterocycles. The Labute approximate surface area is 111 Å². The predicted molar refractivity (Wildman–Crippen MR) is 66.8 cm³/mol. The van der Waals surface area contributed by atoms with Gasteiger partial charge in [0.15, 0.2) is 0 Å². The third kappa shape index (κ3) is 5.58. The van der Waals surface area contributed by atoms with E-state index in [1.807, 2.05) is 0 Å². The molecule has 1 fully saturated rings. The molecule has 2 amide bonds. The SMILES string of the molecule is CCCC1CC1NC(=O)N[C@@H](CCC(=O)O)C(=O)O. The molecule has 1 aliphatic rings. The van der Waals surface area contributed by atoms with Crippen LogP contribution in [0.2, 0.25) is 0 Å². The van der Waals surface area contributed by atoms with Crippen molar-refractivity contribution >= 4 is 18.0 Å². The minimum Gasteiger partial charge on any atom is -0.481 e. The van der Waals surface area contributed by atoms with Gasteiger partial charge in [-0.15, -0.1) is 0 Å². The zero-order valence-corrected chi connectivity index (χ0v) is 10.9. The molecule has 0 aromatic rings. The van der Waals surface area contributed by atoms with Crippen molar-refractivity contribution in [2.75, 3.05) is 0 Å². The molecular formula is C12H20N2O5. The van der Waals surface area contributed by atoms with E-state index in [1.165, 1.54) is 0 Å². The number of hydrogen-bond donors (Lipinski definition) is 4. The van der Waals surface area contributed by atoms with Gasteiger partial charge in [0, 0.05) is 12.5 Å². The van der Waals surface area contributed by atoms with Gasteiger partial charge in [0.25, 0.3) is 0 Å². The van der Waals surface area contributed by atoms with E-state index in [2.05, 4.69) is 17.6 Å². The van der Waals surface area contributed by atoms with Gasteiger partial charge in [0.1, 0.15) is 6.04 Å². The van der Waals surface area contributed by atoms with Gasteiger partial charge in [0.2, 0.25) is 0 Å². The summed E-state index contributed by atoms with van der Waals surface area (Å²) in [6, 6.07) is -1.59.